The Kier molecular flexibility index (Phi) is 8.40. The van der Waals surface area contributed by atoms with Gasteiger partial charge in [0.05, 0.1) is 29.6 Å². The highest BCUT2D eigenvalue weighted by molar-refractivity contribution is 5.94. The summed E-state index contributed by atoms with van der Waals surface area (Å²) in [6.45, 7) is 19.8. The Balaban J connectivity index is 1.30. The number of halogens is 1. The van der Waals surface area contributed by atoms with E-state index in [9.17, 15) is 9.18 Å². The van der Waals surface area contributed by atoms with Gasteiger partial charge in [-0.2, -0.15) is 15.1 Å². The number of carbonyl (C=O) groups is 1. The maximum atomic E-state index is 13.8. The number of hydrogen-bond acceptors (Lipinski definition) is 8. The summed E-state index contributed by atoms with van der Waals surface area (Å²) in [5.41, 5.74) is 6.51. The van der Waals surface area contributed by atoms with Gasteiger partial charge in [0.2, 0.25) is 6.54 Å². The number of aryl methyl sites for hydroxylation is 1. The number of nitrogens with one attached hydrogen (secondary N) is 1. The molecule has 1 aliphatic carbocycles. The second-order valence-corrected chi connectivity index (χ2v) is 12.3. The number of H-pyrrole nitrogens is 1. The number of anilines is 2. The normalized spacial score (nSPS) is 18.5. The van der Waals surface area contributed by atoms with E-state index in [-0.39, 0.29) is 13.1 Å². The quantitative estimate of drug-likeness (QED) is 0.278. The lowest BCUT2D eigenvalue weighted by Crippen LogP contribution is -2.57. The molecule has 44 heavy (non-hydrogen) atoms. The van der Waals surface area contributed by atoms with Crippen LogP contribution in [0, 0.1) is 26.3 Å². The monoisotopic (exact) mass is 601 g/mol. The number of ether oxygens (including phenoxy) is 1. The first-order valence-corrected chi connectivity index (χ1v) is 15.4. The lowest BCUT2D eigenvalue weighted by molar-refractivity contribution is -0.131. The van der Waals surface area contributed by atoms with Crippen LogP contribution in [0.3, 0.4) is 0 Å². The van der Waals surface area contributed by atoms with Crippen LogP contribution in [0.2, 0.25) is 0 Å². The second-order valence-electron chi connectivity index (χ2n) is 12.3. The topological polar surface area (TPSA) is 98.1 Å². The molecule has 1 saturated carbocycles. The SMILES string of the molecule is [C-]#[N+]C[C@H]1CN(c2nc(OCCN(C)CC3CC3)nc3c2CCN(c2c(C)c(C)cc4[nH]ncc24)C3)CCN1C(=O)C(=C)F. The van der Waals surface area contributed by atoms with Gasteiger partial charge in [-0.25, -0.2) is 11.0 Å². The lowest BCUT2D eigenvalue weighted by Gasteiger charge is -2.41. The number of hydrogen-bond donors (Lipinski definition) is 1. The molecule has 0 radical (unpaired) electrons. The molecule has 0 spiro atoms. The molecule has 1 atom stereocenters. The number of amides is 1. The van der Waals surface area contributed by atoms with E-state index in [1.54, 1.807) is 0 Å². The van der Waals surface area contributed by atoms with Gasteiger partial charge >= 0.3 is 6.01 Å². The summed E-state index contributed by atoms with van der Waals surface area (Å²) in [6, 6.07) is 1.98. The lowest BCUT2D eigenvalue weighted by atomic mass is 9.99. The average molecular weight is 602 g/mol. The van der Waals surface area contributed by atoms with Crippen molar-refractivity contribution < 1.29 is 13.9 Å². The van der Waals surface area contributed by atoms with Crippen molar-refractivity contribution in [1.29, 1.82) is 0 Å². The Bertz CT molecular complexity index is 1610. The minimum atomic E-state index is -1.01. The molecule has 0 unspecified atom stereocenters. The highest BCUT2D eigenvalue weighted by Gasteiger charge is 2.36. The molecule has 1 amide bonds. The minimum absolute atomic E-state index is 0.0700. The second kappa shape index (κ2) is 12.4. The van der Waals surface area contributed by atoms with Crippen molar-refractivity contribution in [3.63, 3.8) is 0 Å². The van der Waals surface area contributed by atoms with E-state index in [0.29, 0.717) is 32.3 Å². The third-order valence-corrected chi connectivity index (χ3v) is 9.12. The third kappa shape index (κ3) is 6.06. The highest BCUT2D eigenvalue weighted by Crippen LogP contribution is 2.37. The van der Waals surface area contributed by atoms with Gasteiger partial charge in [-0.15, -0.1) is 0 Å². The van der Waals surface area contributed by atoms with Crippen molar-refractivity contribution in [1.82, 2.24) is 30.0 Å². The van der Waals surface area contributed by atoms with Gasteiger partial charge in [-0.05, 0) is 63.3 Å². The van der Waals surface area contributed by atoms with Crippen LogP contribution in [0.25, 0.3) is 15.7 Å². The van der Waals surface area contributed by atoms with E-state index in [1.807, 2.05) is 6.20 Å². The Hall–Kier alpha value is -4.24. The first kappa shape index (κ1) is 29.8. The van der Waals surface area contributed by atoms with Crippen molar-refractivity contribution >= 4 is 28.3 Å². The fourth-order valence-corrected chi connectivity index (χ4v) is 6.48. The van der Waals surface area contributed by atoms with Crippen LogP contribution in [0.5, 0.6) is 6.01 Å². The van der Waals surface area contributed by atoms with E-state index in [0.717, 1.165) is 65.6 Å². The molecule has 232 valence electrons. The summed E-state index contributed by atoms with van der Waals surface area (Å²) in [4.78, 5) is 34.1. The van der Waals surface area contributed by atoms with Crippen LogP contribution in [0.4, 0.5) is 15.9 Å². The predicted octanol–water partition coefficient (Wildman–Crippen LogP) is 3.67. The fraction of sp³-hybridized carbons (Fsp3) is 0.531. The minimum Gasteiger partial charge on any atom is -0.462 e. The van der Waals surface area contributed by atoms with E-state index in [1.165, 1.54) is 28.9 Å². The van der Waals surface area contributed by atoms with E-state index < -0.39 is 17.8 Å². The average Bonchev–Trinajstić information content (AvgIpc) is 3.70. The number of likely N-dealkylation sites (N-methyl/N-ethyl adjacent to an activating group) is 1. The van der Waals surface area contributed by atoms with Gasteiger partial charge in [0.15, 0.2) is 5.83 Å². The van der Waals surface area contributed by atoms with Crippen LogP contribution in [-0.4, -0.2) is 101 Å². The number of aromatic nitrogens is 4. The smallest absolute Gasteiger partial charge is 0.318 e. The van der Waals surface area contributed by atoms with E-state index in [2.05, 4.69) is 63.3 Å². The molecule has 2 aliphatic heterocycles. The number of piperazine rings is 1. The van der Waals surface area contributed by atoms with Crippen LogP contribution in [0.15, 0.2) is 24.7 Å². The van der Waals surface area contributed by atoms with Crippen molar-refractivity contribution in [2.45, 2.75) is 45.7 Å². The van der Waals surface area contributed by atoms with Gasteiger partial charge in [0.1, 0.15) is 18.5 Å². The number of nitrogens with zero attached hydrogens (tertiary/aromatic N) is 8. The zero-order valence-corrected chi connectivity index (χ0v) is 25.8. The molecular weight excluding hydrogens is 561 g/mol. The van der Waals surface area contributed by atoms with Crippen LogP contribution >= 0.6 is 0 Å². The Labute approximate surface area is 257 Å². The van der Waals surface area contributed by atoms with Gasteiger partial charge in [0.25, 0.3) is 5.91 Å². The number of aromatic amines is 1. The maximum absolute atomic E-state index is 13.8. The van der Waals surface area contributed by atoms with Crippen LogP contribution in [-0.2, 0) is 17.8 Å². The molecule has 3 aliphatic rings. The van der Waals surface area contributed by atoms with Crippen molar-refractivity contribution in [2.24, 2.45) is 5.92 Å². The number of carbonyl (C=O) groups excluding carboxylic acids is 1. The van der Waals surface area contributed by atoms with Gasteiger partial charge in [0, 0.05) is 50.2 Å². The molecule has 6 rings (SSSR count). The zero-order chi connectivity index (χ0) is 31.0. The molecular formula is C32H40FN9O2. The molecule has 1 aromatic carbocycles. The summed E-state index contributed by atoms with van der Waals surface area (Å²) < 4.78 is 20.0. The summed E-state index contributed by atoms with van der Waals surface area (Å²) >= 11 is 0. The van der Waals surface area contributed by atoms with Crippen molar-refractivity contribution in [3.05, 3.63) is 58.5 Å². The molecule has 4 heterocycles. The maximum Gasteiger partial charge on any atom is 0.318 e. The van der Waals surface area contributed by atoms with Gasteiger partial charge in [-0.3, -0.25) is 9.89 Å². The molecule has 2 aromatic heterocycles. The molecule has 1 saturated heterocycles. The largest absolute Gasteiger partial charge is 0.462 e. The summed E-state index contributed by atoms with van der Waals surface area (Å²) in [7, 11) is 2.11. The first-order chi connectivity index (χ1) is 21.2. The molecule has 3 aromatic rings. The fourth-order valence-electron chi connectivity index (χ4n) is 6.48. The summed E-state index contributed by atoms with van der Waals surface area (Å²) in [5.74, 6) is -0.190. The zero-order valence-electron chi connectivity index (χ0n) is 25.8. The van der Waals surface area contributed by atoms with Gasteiger partial charge in [-0.1, -0.05) is 6.58 Å². The Morgan fingerprint density at radius 2 is 2.07 bits per heavy atom. The van der Waals surface area contributed by atoms with Crippen molar-refractivity contribution in [2.75, 3.05) is 69.3 Å². The highest BCUT2D eigenvalue weighted by atomic mass is 19.1. The van der Waals surface area contributed by atoms with Crippen molar-refractivity contribution in [3.8, 4) is 6.01 Å². The predicted molar refractivity (Wildman–Crippen MR) is 168 cm³/mol. The molecule has 2 fully saturated rings. The number of rotatable bonds is 10. The molecule has 11 nitrogen and oxygen atoms in total. The third-order valence-electron chi connectivity index (χ3n) is 9.12. The Morgan fingerprint density at radius 1 is 1.25 bits per heavy atom. The molecule has 12 heteroatoms. The standard InChI is InChI=1S/C32H40FN9O2/c1-20-14-27-26(16-35-38-27)29(21(20)2)40-9-8-25-28(19-40)36-32(44-13-12-39(5)17-23-6-7-23)37-30(25)41-10-11-42(31(43)22(3)33)24(18-41)15-34-4/h14,16,23-24H,3,6-13,15,17-19H2,1-2,5H3,(H,35,38)/t24-/m0/s1. The molecule has 1 N–H and O–H groups in total. The summed E-state index contributed by atoms with van der Waals surface area (Å²) in [5, 5.41) is 8.51. The van der Waals surface area contributed by atoms with E-state index >= 15 is 0 Å². The number of fused-ring (bicyclic) bond motifs is 2. The Morgan fingerprint density at radius 3 is 2.82 bits per heavy atom. The van der Waals surface area contributed by atoms with Crippen LogP contribution < -0.4 is 14.5 Å². The van der Waals surface area contributed by atoms with Gasteiger partial charge < -0.3 is 29.2 Å². The van der Waals surface area contributed by atoms with E-state index in [4.69, 9.17) is 21.3 Å². The van der Waals surface area contributed by atoms with Crippen LogP contribution in [0.1, 0.15) is 35.2 Å². The summed E-state index contributed by atoms with van der Waals surface area (Å²) in [6.07, 6.45) is 5.21. The molecule has 0 bridgehead atoms. The first-order valence-electron chi connectivity index (χ1n) is 15.4. The number of benzene rings is 1.